The summed E-state index contributed by atoms with van der Waals surface area (Å²) >= 11 is 3.06. The van der Waals surface area contributed by atoms with Crippen LogP contribution in [0.4, 0.5) is 0 Å². The Balaban J connectivity index is 1.77. The minimum Gasteiger partial charge on any atom is -0.477 e. The number of aromatic nitrogens is 1. The molecule has 21 heavy (non-hydrogen) atoms. The first kappa shape index (κ1) is 14.2. The molecule has 1 aromatic heterocycles. The summed E-state index contributed by atoms with van der Waals surface area (Å²) in [6.07, 6.45) is 5.43. The van der Waals surface area contributed by atoms with E-state index < -0.39 is 5.97 Å². The van der Waals surface area contributed by atoms with Gasteiger partial charge in [-0.2, -0.15) is 0 Å². The molecule has 0 saturated carbocycles. The van der Waals surface area contributed by atoms with Crippen LogP contribution < -0.4 is 0 Å². The average molecular weight is 320 g/mol. The quantitative estimate of drug-likeness (QED) is 0.859. The molecule has 108 valence electrons. The lowest BCUT2D eigenvalue weighted by Crippen LogP contribution is -2.53. The van der Waals surface area contributed by atoms with E-state index in [-0.39, 0.29) is 21.6 Å². The number of carboxylic acids is 1. The summed E-state index contributed by atoms with van der Waals surface area (Å²) in [4.78, 5) is 29.0. The predicted octanol–water partition coefficient (Wildman–Crippen LogP) is 2.39. The SMILES string of the molecule is C=C(SC1C=C(C(=O)O)N2C(=O)C[C@H]2S1)c1cccnc1. The molecule has 1 fully saturated rings. The summed E-state index contributed by atoms with van der Waals surface area (Å²) in [5.41, 5.74) is 0.993. The van der Waals surface area contributed by atoms with Crippen LogP contribution in [0.15, 0.2) is 42.9 Å². The molecule has 7 heteroatoms. The zero-order valence-corrected chi connectivity index (χ0v) is 12.6. The molecule has 1 saturated heterocycles. The van der Waals surface area contributed by atoms with Crippen molar-refractivity contribution in [2.24, 2.45) is 0 Å². The van der Waals surface area contributed by atoms with E-state index in [1.807, 2.05) is 12.1 Å². The number of nitrogens with zero attached hydrogens (tertiary/aromatic N) is 2. The van der Waals surface area contributed by atoms with Gasteiger partial charge < -0.3 is 5.11 Å². The van der Waals surface area contributed by atoms with Crippen LogP contribution in [0.2, 0.25) is 0 Å². The highest BCUT2D eigenvalue weighted by Crippen LogP contribution is 2.46. The van der Waals surface area contributed by atoms with E-state index in [2.05, 4.69) is 11.6 Å². The first-order chi connectivity index (χ1) is 10.1. The van der Waals surface area contributed by atoms with Gasteiger partial charge in [0.15, 0.2) is 0 Å². The van der Waals surface area contributed by atoms with Crippen LogP contribution in [-0.4, -0.2) is 36.8 Å². The maximum atomic E-state index is 11.5. The van der Waals surface area contributed by atoms with Crippen LogP contribution in [-0.2, 0) is 9.59 Å². The van der Waals surface area contributed by atoms with Crippen LogP contribution in [0, 0.1) is 0 Å². The number of rotatable bonds is 4. The molecule has 1 unspecified atom stereocenters. The van der Waals surface area contributed by atoms with E-state index in [9.17, 15) is 14.7 Å². The van der Waals surface area contributed by atoms with E-state index >= 15 is 0 Å². The minimum absolute atomic E-state index is 0.0712. The number of β-lactam (4-membered cyclic amide) rings is 1. The van der Waals surface area contributed by atoms with Crippen molar-refractivity contribution in [3.05, 3.63) is 48.4 Å². The van der Waals surface area contributed by atoms with Crippen molar-refractivity contribution in [1.29, 1.82) is 0 Å². The second-order valence-electron chi connectivity index (χ2n) is 4.57. The van der Waals surface area contributed by atoms with Crippen LogP contribution >= 0.6 is 23.5 Å². The minimum atomic E-state index is -1.06. The van der Waals surface area contributed by atoms with Crippen molar-refractivity contribution < 1.29 is 14.7 Å². The zero-order valence-electron chi connectivity index (χ0n) is 10.9. The molecular formula is C14H12N2O3S2. The van der Waals surface area contributed by atoms with Crippen LogP contribution in [0.25, 0.3) is 4.91 Å². The van der Waals surface area contributed by atoms with Gasteiger partial charge in [-0.3, -0.25) is 14.7 Å². The fourth-order valence-electron chi connectivity index (χ4n) is 2.16. The van der Waals surface area contributed by atoms with Gasteiger partial charge in [0.2, 0.25) is 5.91 Å². The third-order valence-electron chi connectivity index (χ3n) is 3.21. The summed E-state index contributed by atoms with van der Waals surface area (Å²) in [7, 11) is 0. The third kappa shape index (κ3) is 2.71. The Morgan fingerprint density at radius 2 is 2.38 bits per heavy atom. The number of hydrogen-bond donors (Lipinski definition) is 1. The molecule has 3 rings (SSSR count). The van der Waals surface area contributed by atoms with Crippen molar-refractivity contribution in [2.75, 3.05) is 0 Å². The molecule has 0 aromatic carbocycles. The fraction of sp³-hybridized carbons (Fsp3) is 0.214. The monoisotopic (exact) mass is 320 g/mol. The Morgan fingerprint density at radius 3 is 3.00 bits per heavy atom. The van der Waals surface area contributed by atoms with E-state index in [1.165, 1.54) is 16.7 Å². The van der Waals surface area contributed by atoms with Crippen molar-refractivity contribution in [3.63, 3.8) is 0 Å². The third-order valence-corrected chi connectivity index (χ3v) is 5.82. The molecule has 2 atom stereocenters. The van der Waals surface area contributed by atoms with Crippen LogP contribution in [0.1, 0.15) is 12.0 Å². The number of carbonyl (C=O) groups is 2. The molecule has 0 bridgehead atoms. The van der Waals surface area contributed by atoms with E-state index in [4.69, 9.17) is 0 Å². The lowest BCUT2D eigenvalue weighted by molar-refractivity contribution is -0.146. The highest BCUT2D eigenvalue weighted by atomic mass is 32.2. The summed E-state index contributed by atoms with van der Waals surface area (Å²) in [5, 5.41) is 9.16. The predicted molar refractivity (Wildman–Crippen MR) is 83.2 cm³/mol. The van der Waals surface area contributed by atoms with E-state index in [0.29, 0.717) is 6.42 Å². The molecule has 1 N–H and O–H groups in total. The Kier molecular flexibility index (Phi) is 3.77. The maximum Gasteiger partial charge on any atom is 0.352 e. The molecule has 2 aliphatic heterocycles. The smallest absolute Gasteiger partial charge is 0.352 e. The first-order valence-electron chi connectivity index (χ1n) is 6.25. The van der Waals surface area contributed by atoms with Gasteiger partial charge in [-0.15, -0.1) is 23.5 Å². The molecule has 3 heterocycles. The first-order valence-corrected chi connectivity index (χ1v) is 8.07. The fourth-order valence-corrected chi connectivity index (χ4v) is 4.96. The Bertz CT molecular complexity index is 645. The van der Waals surface area contributed by atoms with Gasteiger partial charge in [0.25, 0.3) is 0 Å². The van der Waals surface area contributed by atoms with Gasteiger partial charge in [-0.1, -0.05) is 12.6 Å². The number of fused-ring (bicyclic) bond motifs is 1. The number of thioether (sulfide) groups is 2. The highest BCUT2D eigenvalue weighted by Gasteiger charge is 2.45. The van der Waals surface area contributed by atoms with Crippen molar-refractivity contribution in [2.45, 2.75) is 16.4 Å². The Labute approximate surface area is 130 Å². The Morgan fingerprint density at radius 1 is 1.57 bits per heavy atom. The van der Waals surface area contributed by atoms with Gasteiger partial charge in [-0.25, -0.2) is 4.79 Å². The number of carboxylic acid groups (broad SMARTS) is 1. The van der Waals surface area contributed by atoms with Crippen molar-refractivity contribution in [3.8, 4) is 0 Å². The molecule has 1 aromatic rings. The number of hydrogen-bond acceptors (Lipinski definition) is 5. The number of carbonyl (C=O) groups excluding carboxylic acids is 1. The molecule has 0 aliphatic carbocycles. The van der Waals surface area contributed by atoms with E-state index in [0.717, 1.165) is 10.5 Å². The lowest BCUT2D eigenvalue weighted by Gasteiger charge is -2.44. The van der Waals surface area contributed by atoms with Gasteiger partial charge >= 0.3 is 5.97 Å². The molecule has 0 radical (unpaired) electrons. The molecule has 0 spiro atoms. The van der Waals surface area contributed by atoms with Gasteiger partial charge in [0.1, 0.15) is 5.70 Å². The normalized spacial score (nSPS) is 23.9. The molecule has 1 amide bonds. The molecular weight excluding hydrogens is 308 g/mol. The molecule has 2 aliphatic rings. The van der Waals surface area contributed by atoms with Gasteiger partial charge in [-0.05, 0) is 12.1 Å². The second-order valence-corrected chi connectivity index (χ2v) is 7.43. The highest BCUT2D eigenvalue weighted by molar-refractivity contribution is 8.22. The van der Waals surface area contributed by atoms with E-state index in [1.54, 1.807) is 30.2 Å². The van der Waals surface area contributed by atoms with Gasteiger partial charge in [0, 0.05) is 22.9 Å². The standard InChI is InChI=1S/C14H12N2O3S2/c1-8(9-3-2-4-15-7-9)20-13-5-10(14(18)19)16-11(17)6-12(16)21-13/h2-5,7,12-13H,1,6H2,(H,18,19)/t12-,13?/m1/s1. The maximum absolute atomic E-state index is 11.5. The second kappa shape index (κ2) is 5.57. The summed E-state index contributed by atoms with van der Waals surface area (Å²) in [6.45, 7) is 4.02. The lowest BCUT2D eigenvalue weighted by atomic mass is 10.1. The van der Waals surface area contributed by atoms with Crippen molar-refractivity contribution >= 4 is 40.3 Å². The Hall–Kier alpha value is -1.73. The van der Waals surface area contributed by atoms with Gasteiger partial charge in [0.05, 0.1) is 16.4 Å². The number of amides is 1. The number of pyridine rings is 1. The van der Waals surface area contributed by atoms with Crippen molar-refractivity contribution in [1.82, 2.24) is 9.88 Å². The summed E-state index contributed by atoms with van der Waals surface area (Å²) in [6, 6.07) is 3.75. The average Bonchev–Trinajstić information content (AvgIpc) is 2.46. The zero-order chi connectivity index (χ0) is 15.0. The van der Waals surface area contributed by atoms with Crippen LogP contribution in [0.5, 0.6) is 0 Å². The topological polar surface area (TPSA) is 70.5 Å². The summed E-state index contributed by atoms with van der Waals surface area (Å²) < 4.78 is -0.0712. The summed E-state index contributed by atoms with van der Waals surface area (Å²) in [5.74, 6) is -1.19. The number of aliphatic carboxylic acids is 1. The largest absolute Gasteiger partial charge is 0.477 e. The molecule has 5 nitrogen and oxygen atoms in total. The van der Waals surface area contributed by atoms with Crippen LogP contribution in [0.3, 0.4) is 0 Å².